The fourth-order valence-electron chi connectivity index (χ4n) is 3.88. The van der Waals surface area contributed by atoms with Crippen LogP contribution in [0.4, 0.5) is 5.69 Å². The first-order valence-electron chi connectivity index (χ1n) is 9.24. The van der Waals surface area contributed by atoms with E-state index in [4.69, 9.17) is 0 Å². The second-order valence-electron chi connectivity index (χ2n) is 7.09. The molecule has 1 fully saturated rings. The summed E-state index contributed by atoms with van der Waals surface area (Å²) in [6.45, 7) is 4.69. The number of benzene rings is 1. The Morgan fingerprint density at radius 1 is 1.29 bits per heavy atom. The molecule has 1 amide bonds. The predicted octanol–water partition coefficient (Wildman–Crippen LogP) is 3.57. The number of hydrogen-bond donors (Lipinski definition) is 2. The number of anilines is 1. The Morgan fingerprint density at radius 3 is 2.82 bits per heavy atom. The summed E-state index contributed by atoms with van der Waals surface area (Å²) in [6.07, 6.45) is 7.08. The van der Waals surface area contributed by atoms with Gasteiger partial charge in [-0.15, -0.1) is 24.8 Å². The molecule has 2 aromatic heterocycles. The molecule has 1 aliphatic rings. The largest absolute Gasteiger partial charge is 0.347 e. The molecule has 3 aromatic rings. The number of nitrogens with zero attached hydrogens (tertiary/aromatic N) is 3. The van der Waals surface area contributed by atoms with Gasteiger partial charge >= 0.3 is 0 Å². The number of aromatic nitrogens is 3. The van der Waals surface area contributed by atoms with Crippen molar-refractivity contribution in [1.82, 2.24) is 19.7 Å². The molecule has 1 saturated heterocycles. The van der Waals surface area contributed by atoms with Gasteiger partial charge in [0.05, 0.1) is 12.1 Å². The van der Waals surface area contributed by atoms with Gasteiger partial charge in [-0.1, -0.05) is 6.92 Å². The third-order valence-electron chi connectivity index (χ3n) is 5.21. The van der Waals surface area contributed by atoms with Gasteiger partial charge in [0.15, 0.2) is 0 Å². The summed E-state index contributed by atoms with van der Waals surface area (Å²) in [5, 5.41) is 11.9. The molecule has 152 valence electrons. The van der Waals surface area contributed by atoms with E-state index in [2.05, 4.69) is 51.6 Å². The molecule has 3 heterocycles. The van der Waals surface area contributed by atoms with Crippen molar-refractivity contribution in [3.63, 3.8) is 0 Å². The molecule has 2 atom stereocenters. The van der Waals surface area contributed by atoms with Gasteiger partial charge in [-0.2, -0.15) is 5.10 Å². The Labute approximate surface area is 177 Å². The summed E-state index contributed by atoms with van der Waals surface area (Å²) >= 11 is 0. The van der Waals surface area contributed by atoms with E-state index in [1.807, 2.05) is 25.5 Å². The molecule has 0 spiro atoms. The van der Waals surface area contributed by atoms with E-state index >= 15 is 0 Å². The highest BCUT2D eigenvalue weighted by Gasteiger charge is 2.34. The highest BCUT2D eigenvalue weighted by atomic mass is 35.5. The van der Waals surface area contributed by atoms with Crippen molar-refractivity contribution in [1.29, 1.82) is 0 Å². The van der Waals surface area contributed by atoms with Gasteiger partial charge in [0.1, 0.15) is 0 Å². The van der Waals surface area contributed by atoms with Crippen LogP contribution in [-0.2, 0) is 18.4 Å². The van der Waals surface area contributed by atoms with Crippen molar-refractivity contribution in [2.45, 2.75) is 25.8 Å². The van der Waals surface area contributed by atoms with Gasteiger partial charge in [-0.05, 0) is 36.2 Å². The molecule has 0 bridgehead atoms. The highest BCUT2D eigenvalue weighted by molar-refractivity contribution is 5.96. The van der Waals surface area contributed by atoms with Crippen LogP contribution in [0.1, 0.15) is 24.8 Å². The van der Waals surface area contributed by atoms with E-state index in [0.717, 1.165) is 36.1 Å². The lowest BCUT2D eigenvalue weighted by Gasteiger charge is -2.17. The Balaban J connectivity index is 0.00000140. The number of halogens is 2. The summed E-state index contributed by atoms with van der Waals surface area (Å²) in [4.78, 5) is 12.9. The van der Waals surface area contributed by atoms with Gasteiger partial charge in [0.2, 0.25) is 5.91 Å². The molecule has 2 N–H and O–H groups in total. The second kappa shape index (κ2) is 9.45. The quantitative estimate of drug-likeness (QED) is 0.658. The minimum atomic E-state index is -0.0837. The maximum atomic E-state index is 12.9. The van der Waals surface area contributed by atoms with Crippen molar-refractivity contribution >= 4 is 47.3 Å². The highest BCUT2D eigenvalue weighted by Crippen LogP contribution is 2.29. The number of carbonyl (C=O) groups excluding carboxylic acids is 1. The lowest BCUT2D eigenvalue weighted by atomic mass is 9.90. The molecule has 1 aromatic carbocycles. The normalized spacial score (nSPS) is 18.5. The maximum absolute atomic E-state index is 12.9. The number of hydrogen-bond acceptors (Lipinski definition) is 3. The summed E-state index contributed by atoms with van der Waals surface area (Å²) in [5.74, 6) is 0.147. The molecular formula is C20H27Cl2N5O. The first-order valence-corrected chi connectivity index (χ1v) is 9.24. The van der Waals surface area contributed by atoms with Gasteiger partial charge in [0.25, 0.3) is 0 Å². The smallest absolute Gasteiger partial charge is 0.229 e. The maximum Gasteiger partial charge on any atom is 0.229 e. The molecule has 6 nitrogen and oxygen atoms in total. The molecule has 8 heteroatoms. The third kappa shape index (κ3) is 4.35. The topological polar surface area (TPSA) is 63.9 Å². The molecular weight excluding hydrogens is 397 g/mol. The van der Waals surface area contributed by atoms with E-state index in [1.54, 1.807) is 4.68 Å². The molecule has 28 heavy (non-hydrogen) atoms. The van der Waals surface area contributed by atoms with E-state index < -0.39 is 0 Å². The number of aryl methyl sites for hydroxylation is 2. The third-order valence-corrected chi connectivity index (χ3v) is 5.21. The number of amides is 1. The van der Waals surface area contributed by atoms with Crippen molar-refractivity contribution < 1.29 is 4.79 Å². The first-order chi connectivity index (χ1) is 12.7. The molecule has 0 aliphatic carbocycles. The van der Waals surface area contributed by atoms with E-state index in [0.29, 0.717) is 6.54 Å². The SMILES string of the molecule is CCCn1ccc2cc(NC(=O)[C@H]3CNC[C@@H]3c3cnn(C)c3)ccc21.Cl.Cl. The summed E-state index contributed by atoms with van der Waals surface area (Å²) in [7, 11) is 1.90. The van der Waals surface area contributed by atoms with Crippen LogP contribution in [0.3, 0.4) is 0 Å². The van der Waals surface area contributed by atoms with Gasteiger partial charge in [-0.3, -0.25) is 9.48 Å². The van der Waals surface area contributed by atoms with Crippen LogP contribution < -0.4 is 10.6 Å². The second-order valence-corrected chi connectivity index (χ2v) is 7.09. The summed E-state index contributed by atoms with van der Waals surface area (Å²) in [6, 6.07) is 8.25. The van der Waals surface area contributed by atoms with Crippen molar-refractivity contribution in [2.75, 3.05) is 18.4 Å². The molecule has 0 unspecified atom stereocenters. The minimum absolute atomic E-state index is 0. The Bertz CT molecular complexity index is 936. The van der Waals surface area contributed by atoms with Gasteiger partial charge < -0.3 is 15.2 Å². The van der Waals surface area contributed by atoms with Crippen LogP contribution in [-0.4, -0.2) is 33.3 Å². The lowest BCUT2D eigenvalue weighted by molar-refractivity contribution is -0.119. The fourth-order valence-corrected chi connectivity index (χ4v) is 3.88. The van der Waals surface area contributed by atoms with Crippen LogP contribution >= 0.6 is 24.8 Å². The Hall–Kier alpha value is -2.02. The van der Waals surface area contributed by atoms with Gasteiger partial charge in [0, 0.05) is 61.6 Å². The fraction of sp³-hybridized carbons (Fsp3) is 0.400. The van der Waals surface area contributed by atoms with Gasteiger partial charge in [-0.25, -0.2) is 0 Å². The van der Waals surface area contributed by atoms with Crippen LogP contribution in [0.2, 0.25) is 0 Å². The molecule has 0 radical (unpaired) electrons. The molecule has 4 rings (SSSR count). The average molecular weight is 424 g/mol. The number of fused-ring (bicyclic) bond motifs is 1. The molecule has 1 aliphatic heterocycles. The van der Waals surface area contributed by atoms with Crippen LogP contribution in [0.5, 0.6) is 0 Å². The zero-order valence-electron chi connectivity index (χ0n) is 16.1. The Morgan fingerprint density at radius 2 is 2.11 bits per heavy atom. The standard InChI is InChI=1S/C20H25N5O.2ClH/c1-3-7-25-8-6-14-9-16(4-5-19(14)25)23-20(26)18-12-21-11-17(18)15-10-22-24(2)13-15;;/h4-6,8-10,13,17-18,21H,3,7,11-12H2,1-2H3,(H,23,26);2*1H/t17-,18+;;/m1../s1. The van der Waals surface area contributed by atoms with Crippen molar-refractivity contribution in [2.24, 2.45) is 13.0 Å². The van der Waals surface area contributed by atoms with Crippen molar-refractivity contribution in [3.05, 3.63) is 48.4 Å². The zero-order chi connectivity index (χ0) is 18.1. The molecule has 0 saturated carbocycles. The first kappa shape index (κ1) is 22.3. The number of rotatable bonds is 5. The van der Waals surface area contributed by atoms with Crippen LogP contribution in [0.25, 0.3) is 10.9 Å². The summed E-state index contributed by atoms with van der Waals surface area (Å²) in [5.41, 5.74) is 3.18. The number of carbonyl (C=O) groups is 1. The number of nitrogens with one attached hydrogen (secondary N) is 2. The monoisotopic (exact) mass is 423 g/mol. The predicted molar refractivity (Wildman–Crippen MR) is 118 cm³/mol. The van der Waals surface area contributed by atoms with E-state index in [9.17, 15) is 4.79 Å². The summed E-state index contributed by atoms with van der Waals surface area (Å²) < 4.78 is 4.04. The van der Waals surface area contributed by atoms with Crippen LogP contribution in [0, 0.1) is 5.92 Å². The Kier molecular flexibility index (Phi) is 7.52. The average Bonchev–Trinajstić information content (AvgIpc) is 3.34. The lowest BCUT2D eigenvalue weighted by Crippen LogP contribution is -2.28. The minimum Gasteiger partial charge on any atom is -0.347 e. The van der Waals surface area contributed by atoms with E-state index in [1.165, 1.54) is 5.52 Å². The van der Waals surface area contributed by atoms with Crippen molar-refractivity contribution in [3.8, 4) is 0 Å². The van der Waals surface area contributed by atoms with Crippen LogP contribution in [0.15, 0.2) is 42.9 Å². The van der Waals surface area contributed by atoms with E-state index in [-0.39, 0.29) is 42.6 Å². The zero-order valence-corrected chi connectivity index (χ0v) is 17.7.